The third kappa shape index (κ3) is 3.96. The van der Waals surface area contributed by atoms with Crippen LogP contribution in [0, 0.1) is 0 Å². The fourth-order valence-electron chi connectivity index (χ4n) is 3.87. The van der Waals surface area contributed by atoms with Crippen LogP contribution < -0.4 is 10.6 Å². The summed E-state index contributed by atoms with van der Waals surface area (Å²) in [6, 6.07) is 15.2. The Labute approximate surface area is 194 Å². The van der Waals surface area contributed by atoms with Crippen LogP contribution in [-0.4, -0.2) is 66.0 Å². The van der Waals surface area contributed by atoms with Crippen molar-refractivity contribution in [1.29, 1.82) is 0 Å². The number of pyridine rings is 1. The number of hydrogen-bond donors (Lipinski definition) is 4. The van der Waals surface area contributed by atoms with Crippen LogP contribution in [0.3, 0.4) is 0 Å². The number of likely N-dealkylation sites (N-methyl/N-ethyl adjacent to an activating group) is 1. The number of aliphatic hydroxyl groups is 2. The molecule has 4 heterocycles. The lowest BCUT2D eigenvalue weighted by atomic mass is 10.1. The Balaban J connectivity index is 1.57. The maximum atomic E-state index is 12.1. The molecule has 1 amide bonds. The highest BCUT2D eigenvalue weighted by atomic mass is 16.6. The Morgan fingerprint density at radius 1 is 1.06 bits per heavy atom. The second-order valence-corrected chi connectivity index (χ2v) is 7.82. The molecule has 0 unspecified atom stereocenters. The van der Waals surface area contributed by atoms with Gasteiger partial charge in [-0.1, -0.05) is 36.4 Å². The number of carbonyl (C=O) groups excluding carboxylic acids is 1. The summed E-state index contributed by atoms with van der Waals surface area (Å²) in [5.74, 6) is 0.290. The number of amides is 1. The van der Waals surface area contributed by atoms with Crippen LogP contribution in [0.5, 0.6) is 0 Å². The molecule has 1 aliphatic rings. The summed E-state index contributed by atoms with van der Waals surface area (Å²) in [5, 5.41) is 26.7. The van der Waals surface area contributed by atoms with E-state index < -0.39 is 30.4 Å². The molecule has 4 N–H and O–H groups in total. The molecule has 11 heteroatoms. The van der Waals surface area contributed by atoms with E-state index in [9.17, 15) is 15.0 Å². The molecule has 174 valence electrons. The first kappa shape index (κ1) is 21.9. The quantitative estimate of drug-likeness (QED) is 0.328. The standard InChI is InChI=1S/C23H23N7O4/c1-24-22(33)18-16(31)17(32)23(34-18)30-12-27-15-20(26-11-13-7-3-2-4-8-13)28-19(29-21(15)30)14-9-5-6-10-25-14/h2-10,12,16-18,23,31-32H,11H2,1H3,(H,24,33)(H,26,28,29)/t16-,17+,18-,23-/m0/s1. The summed E-state index contributed by atoms with van der Waals surface area (Å²) in [5.41, 5.74) is 2.42. The summed E-state index contributed by atoms with van der Waals surface area (Å²) in [7, 11) is 1.43. The van der Waals surface area contributed by atoms with Crippen molar-refractivity contribution in [2.75, 3.05) is 12.4 Å². The molecular weight excluding hydrogens is 438 g/mol. The van der Waals surface area contributed by atoms with Crippen molar-refractivity contribution < 1.29 is 19.7 Å². The highest BCUT2D eigenvalue weighted by Crippen LogP contribution is 2.33. The first-order valence-electron chi connectivity index (χ1n) is 10.7. The van der Waals surface area contributed by atoms with Gasteiger partial charge in [-0.3, -0.25) is 14.3 Å². The van der Waals surface area contributed by atoms with Gasteiger partial charge in [-0.2, -0.15) is 0 Å². The van der Waals surface area contributed by atoms with Gasteiger partial charge in [-0.15, -0.1) is 0 Å². The van der Waals surface area contributed by atoms with Gasteiger partial charge in [0.25, 0.3) is 5.91 Å². The van der Waals surface area contributed by atoms with Gasteiger partial charge in [-0.05, 0) is 17.7 Å². The van der Waals surface area contributed by atoms with Gasteiger partial charge in [0.05, 0.1) is 6.33 Å². The van der Waals surface area contributed by atoms with Crippen molar-refractivity contribution in [2.24, 2.45) is 0 Å². The van der Waals surface area contributed by atoms with E-state index in [0.717, 1.165) is 5.56 Å². The number of benzene rings is 1. The SMILES string of the molecule is CNC(=O)[C@H]1O[C@H](n2cnc3c(NCc4ccccc4)nc(-c4ccccn4)nc32)[C@H](O)[C@@H]1O. The summed E-state index contributed by atoms with van der Waals surface area (Å²) in [6.07, 6.45) is -1.98. The molecule has 1 fully saturated rings. The molecule has 1 aromatic carbocycles. The van der Waals surface area contributed by atoms with Crippen LogP contribution in [0.25, 0.3) is 22.7 Å². The van der Waals surface area contributed by atoms with E-state index in [1.807, 2.05) is 36.4 Å². The fourth-order valence-corrected chi connectivity index (χ4v) is 3.87. The number of nitrogens with one attached hydrogen (secondary N) is 2. The highest BCUT2D eigenvalue weighted by molar-refractivity contribution is 5.85. The molecule has 0 bridgehead atoms. The molecule has 0 aliphatic carbocycles. The predicted molar refractivity (Wildman–Crippen MR) is 122 cm³/mol. The van der Waals surface area contributed by atoms with Gasteiger partial charge in [0.15, 0.2) is 35.1 Å². The number of rotatable bonds is 6. The molecular formula is C23H23N7O4. The number of anilines is 1. The first-order valence-corrected chi connectivity index (χ1v) is 10.7. The number of hydrogen-bond acceptors (Lipinski definition) is 9. The number of nitrogens with zero attached hydrogens (tertiary/aromatic N) is 5. The van der Waals surface area contributed by atoms with Crippen LogP contribution in [0.15, 0.2) is 61.1 Å². The van der Waals surface area contributed by atoms with Crippen molar-refractivity contribution in [1.82, 2.24) is 29.8 Å². The molecule has 0 radical (unpaired) electrons. The lowest BCUT2D eigenvalue weighted by Crippen LogP contribution is -2.41. The van der Waals surface area contributed by atoms with Crippen molar-refractivity contribution in [3.63, 3.8) is 0 Å². The smallest absolute Gasteiger partial charge is 0.251 e. The monoisotopic (exact) mass is 461 g/mol. The van der Waals surface area contributed by atoms with E-state index in [2.05, 4.69) is 30.6 Å². The molecule has 1 saturated heterocycles. The molecule has 4 atom stereocenters. The summed E-state index contributed by atoms with van der Waals surface area (Å²) >= 11 is 0. The number of aliphatic hydroxyl groups excluding tert-OH is 2. The van der Waals surface area contributed by atoms with Crippen molar-refractivity contribution in [3.05, 3.63) is 66.6 Å². The Hall–Kier alpha value is -3.93. The predicted octanol–water partition coefficient (Wildman–Crippen LogP) is 0.866. The van der Waals surface area contributed by atoms with Gasteiger partial charge in [0.1, 0.15) is 17.9 Å². The summed E-state index contributed by atoms with van der Waals surface area (Å²) < 4.78 is 7.21. The van der Waals surface area contributed by atoms with E-state index in [4.69, 9.17) is 4.74 Å². The van der Waals surface area contributed by atoms with Crippen LogP contribution in [-0.2, 0) is 16.1 Å². The molecule has 1 aliphatic heterocycles. The number of carbonyl (C=O) groups is 1. The van der Waals surface area contributed by atoms with Crippen molar-refractivity contribution in [2.45, 2.75) is 31.1 Å². The molecule has 4 aromatic rings. The third-order valence-electron chi connectivity index (χ3n) is 5.64. The molecule has 34 heavy (non-hydrogen) atoms. The van der Waals surface area contributed by atoms with Crippen LogP contribution in [0.1, 0.15) is 11.8 Å². The number of imidazole rings is 1. The molecule has 3 aromatic heterocycles. The Morgan fingerprint density at radius 3 is 2.59 bits per heavy atom. The maximum Gasteiger partial charge on any atom is 0.251 e. The van der Waals surface area contributed by atoms with Crippen molar-refractivity contribution in [3.8, 4) is 11.5 Å². The van der Waals surface area contributed by atoms with Crippen LogP contribution in [0.2, 0.25) is 0 Å². The van der Waals surface area contributed by atoms with Crippen LogP contribution >= 0.6 is 0 Å². The van der Waals surface area contributed by atoms with Gasteiger partial charge < -0.3 is 25.6 Å². The fraction of sp³-hybridized carbons (Fsp3) is 0.261. The van der Waals surface area contributed by atoms with E-state index >= 15 is 0 Å². The second-order valence-electron chi connectivity index (χ2n) is 7.82. The Kier molecular flexibility index (Phi) is 5.88. The molecule has 11 nitrogen and oxygen atoms in total. The Bertz CT molecular complexity index is 1300. The zero-order valence-electron chi connectivity index (χ0n) is 18.2. The van der Waals surface area contributed by atoms with E-state index in [-0.39, 0.29) is 0 Å². The number of fused-ring (bicyclic) bond motifs is 1. The van der Waals surface area contributed by atoms with Crippen LogP contribution in [0.4, 0.5) is 5.82 Å². The van der Waals surface area contributed by atoms with Crippen molar-refractivity contribution >= 4 is 22.9 Å². The minimum absolute atomic E-state index is 0.348. The molecule has 5 rings (SSSR count). The lowest BCUT2D eigenvalue weighted by molar-refractivity contribution is -0.137. The minimum atomic E-state index is -1.41. The zero-order valence-corrected chi connectivity index (χ0v) is 18.2. The normalized spacial score (nSPS) is 22.1. The van der Waals surface area contributed by atoms with Gasteiger partial charge in [0.2, 0.25) is 0 Å². The topological polar surface area (TPSA) is 147 Å². The minimum Gasteiger partial charge on any atom is -0.387 e. The number of aromatic nitrogens is 5. The molecule has 0 spiro atoms. The second kappa shape index (κ2) is 9.14. The van der Waals surface area contributed by atoms with Gasteiger partial charge in [-0.25, -0.2) is 15.0 Å². The number of ether oxygens (including phenoxy) is 1. The lowest BCUT2D eigenvalue weighted by Gasteiger charge is -2.17. The average Bonchev–Trinajstić information content (AvgIpc) is 3.44. The van der Waals surface area contributed by atoms with Gasteiger partial charge >= 0.3 is 0 Å². The highest BCUT2D eigenvalue weighted by Gasteiger charge is 2.47. The van der Waals surface area contributed by atoms with E-state index in [0.29, 0.717) is 35.0 Å². The maximum absolute atomic E-state index is 12.1. The van der Waals surface area contributed by atoms with Gasteiger partial charge in [0, 0.05) is 19.8 Å². The van der Waals surface area contributed by atoms with E-state index in [1.165, 1.54) is 17.9 Å². The average molecular weight is 461 g/mol. The Morgan fingerprint density at radius 2 is 1.85 bits per heavy atom. The first-order chi connectivity index (χ1) is 16.6. The summed E-state index contributed by atoms with van der Waals surface area (Å²) in [6.45, 7) is 0.501. The van der Waals surface area contributed by atoms with E-state index in [1.54, 1.807) is 18.3 Å². The largest absolute Gasteiger partial charge is 0.387 e. The summed E-state index contributed by atoms with van der Waals surface area (Å²) in [4.78, 5) is 30.1. The third-order valence-corrected chi connectivity index (χ3v) is 5.64. The molecule has 0 saturated carbocycles. The zero-order chi connectivity index (χ0) is 23.7.